The summed E-state index contributed by atoms with van der Waals surface area (Å²) in [5, 5.41) is 7.15. The fraction of sp³-hybridized carbons (Fsp3) is 0.200. The maximum absolute atomic E-state index is 12.6. The van der Waals surface area contributed by atoms with Gasteiger partial charge in [0.05, 0.1) is 0 Å². The number of para-hydroxylation sites is 1. The minimum absolute atomic E-state index is 0.00184. The molecule has 1 atom stereocenters. The van der Waals surface area contributed by atoms with Gasteiger partial charge >= 0.3 is 6.03 Å². The molecule has 0 aliphatic carbocycles. The molecule has 30 heavy (non-hydrogen) atoms. The highest BCUT2D eigenvalue weighted by Gasteiger charge is 2.20. The molecule has 2 amide bonds. The Morgan fingerprint density at radius 3 is 2.60 bits per heavy atom. The Hall–Kier alpha value is -3.60. The Bertz CT molecular complexity index is 1130. The highest BCUT2D eigenvalue weighted by molar-refractivity contribution is 5.89. The Morgan fingerprint density at radius 2 is 1.87 bits per heavy atom. The lowest BCUT2D eigenvalue weighted by Gasteiger charge is -2.18. The minimum Gasteiger partial charge on any atom is -0.350 e. The molecule has 0 fully saturated rings. The van der Waals surface area contributed by atoms with Crippen LogP contribution in [0.15, 0.2) is 79.3 Å². The van der Waals surface area contributed by atoms with Gasteiger partial charge in [-0.2, -0.15) is 0 Å². The summed E-state index contributed by atoms with van der Waals surface area (Å²) in [6.07, 6.45) is 6.76. The summed E-state index contributed by atoms with van der Waals surface area (Å²) >= 11 is 0. The molecule has 0 aliphatic rings. The number of carbonyl (C=O) groups is 1. The summed E-state index contributed by atoms with van der Waals surface area (Å²) in [5.41, 5.74) is 5.44. The van der Waals surface area contributed by atoms with E-state index in [4.69, 9.17) is 0 Å². The Labute approximate surface area is 176 Å². The van der Waals surface area contributed by atoms with Crippen molar-refractivity contribution in [3.63, 3.8) is 0 Å². The molecule has 0 bridgehead atoms. The number of rotatable bonds is 6. The van der Waals surface area contributed by atoms with E-state index in [2.05, 4.69) is 51.5 Å². The molecular formula is C25H26N4O. The predicted molar refractivity (Wildman–Crippen MR) is 122 cm³/mol. The molecule has 2 aromatic carbocycles. The average Bonchev–Trinajstić information content (AvgIpc) is 3.12. The summed E-state index contributed by atoms with van der Waals surface area (Å²) in [6.45, 7) is 2.58. The third-order valence-corrected chi connectivity index (χ3v) is 5.48. The van der Waals surface area contributed by atoms with Crippen LogP contribution in [0.1, 0.15) is 29.5 Å². The summed E-state index contributed by atoms with van der Waals surface area (Å²) in [5.74, 6) is -0.00184. The average molecular weight is 399 g/mol. The lowest BCUT2D eigenvalue weighted by Crippen LogP contribution is -2.32. The number of aromatic nitrogens is 2. The maximum Gasteiger partial charge on any atom is 0.319 e. The van der Waals surface area contributed by atoms with E-state index in [0.717, 1.165) is 17.7 Å². The van der Waals surface area contributed by atoms with Crippen LogP contribution >= 0.6 is 0 Å². The third-order valence-electron chi connectivity index (χ3n) is 5.48. The van der Waals surface area contributed by atoms with Crippen molar-refractivity contribution in [1.82, 2.24) is 14.9 Å². The normalized spacial score (nSPS) is 11.9. The van der Waals surface area contributed by atoms with Gasteiger partial charge in [0.25, 0.3) is 0 Å². The molecule has 152 valence electrons. The summed E-state index contributed by atoms with van der Waals surface area (Å²) in [6, 6.07) is 20.0. The van der Waals surface area contributed by atoms with Gasteiger partial charge in [-0.05, 0) is 47.4 Å². The van der Waals surface area contributed by atoms with E-state index >= 15 is 0 Å². The number of anilines is 1. The van der Waals surface area contributed by atoms with Crippen LogP contribution < -0.4 is 10.6 Å². The van der Waals surface area contributed by atoms with Gasteiger partial charge in [0.15, 0.2) is 0 Å². The van der Waals surface area contributed by atoms with Crippen LogP contribution in [0.25, 0.3) is 10.9 Å². The monoisotopic (exact) mass is 398 g/mol. The van der Waals surface area contributed by atoms with Gasteiger partial charge in [-0.1, -0.05) is 43.3 Å². The number of fused-ring (bicyclic) bond motifs is 1. The van der Waals surface area contributed by atoms with E-state index in [1.54, 1.807) is 6.20 Å². The van der Waals surface area contributed by atoms with Crippen LogP contribution in [0.2, 0.25) is 0 Å². The van der Waals surface area contributed by atoms with E-state index < -0.39 is 0 Å². The van der Waals surface area contributed by atoms with Crippen molar-refractivity contribution in [2.75, 3.05) is 11.9 Å². The number of nitrogens with one attached hydrogen (secondary N) is 2. The molecule has 0 radical (unpaired) electrons. The number of amides is 2. The van der Waals surface area contributed by atoms with Crippen LogP contribution in [0.4, 0.5) is 10.5 Å². The van der Waals surface area contributed by atoms with Crippen molar-refractivity contribution in [2.45, 2.75) is 19.3 Å². The molecule has 4 rings (SSSR count). The second-order valence-electron chi connectivity index (χ2n) is 7.44. The zero-order chi connectivity index (χ0) is 20.9. The second-order valence-corrected chi connectivity index (χ2v) is 7.44. The van der Waals surface area contributed by atoms with E-state index in [0.29, 0.717) is 6.54 Å². The maximum atomic E-state index is 12.6. The molecule has 1 unspecified atom stereocenters. The summed E-state index contributed by atoms with van der Waals surface area (Å²) in [4.78, 5) is 16.9. The Kier molecular flexibility index (Phi) is 5.80. The van der Waals surface area contributed by atoms with Crippen LogP contribution in [0, 0.1) is 0 Å². The summed E-state index contributed by atoms with van der Waals surface area (Å²) in [7, 11) is 2.05. The van der Waals surface area contributed by atoms with Crippen molar-refractivity contribution in [2.24, 2.45) is 7.05 Å². The molecule has 5 nitrogen and oxygen atoms in total. The lowest BCUT2D eigenvalue weighted by atomic mass is 9.92. The molecule has 2 heterocycles. The number of aryl methyl sites for hydroxylation is 2. The van der Waals surface area contributed by atoms with Gasteiger partial charge in [0.1, 0.15) is 0 Å². The number of urea groups is 1. The van der Waals surface area contributed by atoms with Gasteiger partial charge in [-0.3, -0.25) is 4.98 Å². The van der Waals surface area contributed by atoms with Gasteiger partial charge < -0.3 is 15.2 Å². The Morgan fingerprint density at radius 1 is 1.07 bits per heavy atom. The van der Waals surface area contributed by atoms with Gasteiger partial charge in [-0.25, -0.2) is 4.79 Å². The van der Waals surface area contributed by atoms with Crippen molar-refractivity contribution in [1.29, 1.82) is 0 Å². The topological polar surface area (TPSA) is 59.0 Å². The third kappa shape index (κ3) is 4.20. The van der Waals surface area contributed by atoms with Crippen LogP contribution in [0.5, 0.6) is 0 Å². The first kappa shape index (κ1) is 19.7. The zero-order valence-electron chi connectivity index (χ0n) is 17.3. The fourth-order valence-electron chi connectivity index (χ4n) is 3.83. The number of hydrogen-bond donors (Lipinski definition) is 2. The number of carbonyl (C=O) groups excluding carboxylic acids is 1. The molecule has 4 aromatic rings. The van der Waals surface area contributed by atoms with Crippen molar-refractivity contribution in [3.05, 3.63) is 95.9 Å². The number of pyridine rings is 1. The van der Waals surface area contributed by atoms with E-state index in [9.17, 15) is 4.79 Å². The second kappa shape index (κ2) is 8.82. The highest BCUT2D eigenvalue weighted by Crippen LogP contribution is 2.31. The SMILES string of the molecule is CCc1ccc(NC(=O)NCC(c2cccnc2)c2cn(C)c3ccccc23)cc1. The molecule has 0 saturated carbocycles. The van der Waals surface area contributed by atoms with Crippen LogP contribution in [0.3, 0.4) is 0 Å². The van der Waals surface area contributed by atoms with Crippen molar-refractivity contribution in [3.8, 4) is 0 Å². The zero-order valence-corrected chi connectivity index (χ0v) is 17.3. The summed E-state index contributed by atoms with van der Waals surface area (Å²) < 4.78 is 2.13. The van der Waals surface area contributed by atoms with Crippen molar-refractivity contribution < 1.29 is 4.79 Å². The van der Waals surface area contributed by atoms with Gasteiger partial charge in [0, 0.05) is 54.7 Å². The number of hydrogen-bond acceptors (Lipinski definition) is 2. The first-order valence-electron chi connectivity index (χ1n) is 10.2. The molecule has 5 heteroatoms. The number of benzene rings is 2. The largest absolute Gasteiger partial charge is 0.350 e. The molecule has 2 N–H and O–H groups in total. The fourth-order valence-corrected chi connectivity index (χ4v) is 3.83. The van der Waals surface area contributed by atoms with E-state index in [-0.39, 0.29) is 11.9 Å². The first-order valence-corrected chi connectivity index (χ1v) is 10.2. The quantitative estimate of drug-likeness (QED) is 0.475. The Balaban J connectivity index is 1.55. The predicted octanol–water partition coefficient (Wildman–Crippen LogP) is 5.09. The molecule has 0 aliphatic heterocycles. The molecule has 0 spiro atoms. The smallest absolute Gasteiger partial charge is 0.319 e. The highest BCUT2D eigenvalue weighted by atomic mass is 16.2. The first-order chi connectivity index (χ1) is 14.7. The number of nitrogens with zero attached hydrogens (tertiary/aromatic N) is 2. The van der Waals surface area contributed by atoms with E-state index in [1.165, 1.54) is 22.0 Å². The van der Waals surface area contributed by atoms with E-state index in [1.807, 2.05) is 55.7 Å². The van der Waals surface area contributed by atoms with Crippen LogP contribution in [-0.4, -0.2) is 22.1 Å². The van der Waals surface area contributed by atoms with Gasteiger partial charge in [-0.15, -0.1) is 0 Å². The van der Waals surface area contributed by atoms with Gasteiger partial charge in [0.2, 0.25) is 0 Å². The standard InChI is InChI=1S/C25H26N4O/c1-3-18-10-12-20(13-11-18)28-25(30)27-16-22(19-7-6-14-26-15-19)23-17-29(2)24-9-5-4-8-21(23)24/h4-15,17,22H,3,16H2,1-2H3,(H2,27,28,30). The van der Waals surface area contributed by atoms with Crippen LogP contribution in [-0.2, 0) is 13.5 Å². The molecule has 2 aromatic heterocycles. The van der Waals surface area contributed by atoms with Crippen molar-refractivity contribution >= 4 is 22.6 Å². The lowest BCUT2D eigenvalue weighted by molar-refractivity contribution is 0.252. The molecule has 0 saturated heterocycles. The molecular weight excluding hydrogens is 372 g/mol. The minimum atomic E-state index is -0.214.